The van der Waals surface area contributed by atoms with Gasteiger partial charge in [0.25, 0.3) is 0 Å². The summed E-state index contributed by atoms with van der Waals surface area (Å²) in [5, 5.41) is 0. The number of hydrogen-bond acceptors (Lipinski definition) is 6. The van der Waals surface area contributed by atoms with Gasteiger partial charge in [-0.25, -0.2) is 4.79 Å². The Morgan fingerprint density at radius 2 is 1.61 bits per heavy atom. The van der Waals surface area contributed by atoms with Crippen LogP contribution in [0.4, 0.5) is 0 Å². The summed E-state index contributed by atoms with van der Waals surface area (Å²) in [6.07, 6.45) is 1.81. The summed E-state index contributed by atoms with van der Waals surface area (Å²) in [7, 11) is 4.56. The molecule has 1 aliphatic rings. The van der Waals surface area contributed by atoms with Crippen molar-refractivity contribution in [3.05, 3.63) is 89.0 Å². The van der Waals surface area contributed by atoms with Crippen LogP contribution in [0.15, 0.2) is 66.7 Å². The third kappa shape index (κ3) is 5.62. The van der Waals surface area contributed by atoms with Gasteiger partial charge in [-0.1, -0.05) is 30.3 Å². The maximum atomic E-state index is 13.4. The fourth-order valence-electron chi connectivity index (χ4n) is 4.53. The lowest BCUT2D eigenvalue weighted by Gasteiger charge is -2.37. The molecule has 0 spiro atoms. The number of ether oxygens (including phenoxy) is 4. The second kappa shape index (κ2) is 11.6. The first-order valence-corrected chi connectivity index (χ1v) is 11.9. The molecule has 0 aromatic heterocycles. The van der Waals surface area contributed by atoms with Crippen molar-refractivity contribution in [3.63, 3.8) is 0 Å². The smallest absolute Gasteiger partial charge is 0.337 e. The fraction of sp³-hybridized carbons (Fsp3) is 0.310. The molecule has 1 unspecified atom stereocenters. The van der Waals surface area contributed by atoms with Gasteiger partial charge in [0.15, 0.2) is 11.5 Å². The number of hydrogen-bond donors (Lipinski definition) is 0. The molecule has 0 saturated heterocycles. The number of methoxy groups -OCH3 is 3. The molecule has 7 heteroatoms. The molecule has 7 nitrogen and oxygen atoms in total. The van der Waals surface area contributed by atoms with E-state index < -0.39 is 5.97 Å². The molecule has 0 fully saturated rings. The molecule has 3 aromatic rings. The Labute approximate surface area is 211 Å². The van der Waals surface area contributed by atoms with E-state index >= 15 is 0 Å². The zero-order valence-corrected chi connectivity index (χ0v) is 20.9. The zero-order valence-electron chi connectivity index (χ0n) is 20.9. The average Bonchev–Trinajstić information content (AvgIpc) is 2.94. The molecule has 0 saturated carbocycles. The number of amides is 1. The van der Waals surface area contributed by atoms with Gasteiger partial charge in [-0.2, -0.15) is 0 Å². The van der Waals surface area contributed by atoms with Crippen molar-refractivity contribution < 1.29 is 28.5 Å². The normalized spacial score (nSPS) is 14.5. The summed E-state index contributed by atoms with van der Waals surface area (Å²) in [5.74, 6) is 1.56. The number of carbonyl (C=O) groups excluding carboxylic acids is 2. The highest BCUT2D eigenvalue weighted by molar-refractivity contribution is 5.89. The maximum absolute atomic E-state index is 13.4. The number of nitrogens with zero attached hydrogens (tertiary/aromatic N) is 1. The molecule has 0 bridgehead atoms. The van der Waals surface area contributed by atoms with Gasteiger partial charge in [0, 0.05) is 13.0 Å². The van der Waals surface area contributed by atoms with Crippen LogP contribution in [-0.4, -0.2) is 51.3 Å². The quantitative estimate of drug-likeness (QED) is 0.408. The van der Waals surface area contributed by atoms with Crippen LogP contribution in [0.5, 0.6) is 17.2 Å². The van der Waals surface area contributed by atoms with E-state index in [0.29, 0.717) is 42.2 Å². The lowest BCUT2D eigenvalue weighted by Crippen LogP contribution is -2.42. The predicted molar refractivity (Wildman–Crippen MR) is 136 cm³/mol. The molecule has 0 N–H and O–H groups in total. The molecule has 1 aliphatic heterocycles. The van der Waals surface area contributed by atoms with Crippen molar-refractivity contribution in [1.82, 2.24) is 4.90 Å². The third-order valence-corrected chi connectivity index (χ3v) is 6.48. The van der Waals surface area contributed by atoms with Crippen LogP contribution in [0.3, 0.4) is 0 Å². The van der Waals surface area contributed by atoms with Gasteiger partial charge >= 0.3 is 5.97 Å². The van der Waals surface area contributed by atoms with E-state index in [1.54, 1.807) is 38.5 Å². The first kappa shape index (κ1) is 25.1. The second-order valence-corrected chi connectivity index (χ2v) is 8.57. The molecule has 36 heavy (non-hydrogen) atoms. The molecular weight excluding hydrogens is 458 g/mol. The summed E-state index contributed by atoms with van der Waals surface area (Å²) >= 11 is 0. The number of benzene rings is 3. The van der Waals surface area contributed by atoms with Crippen molar-refractivity contribution in [2.75, 3.05) is 34.5 Å². The van der Waals surface area contributed by atoms with Gasteiger partial charge in [-0.3, -0.25) is 4.79 Å². The van der Waals surface area contributed by atoms with Crippen molar-refractivity contribution in [3.8, 4) is 17.2 Å². The van der Waals surface area contributed by atoms with E-state index in [4.69, 9.17) is 18.9 Å². The Hall–Kier alpha value is -4.00. The van der Waals surface area contributed by atoms with Crippen LogP contribution in [-0.2, 0) is 22.4 Å². The summed E-state index contributed by atoms with van der Waals surface area (Å²) in [4.78, 5) is 27.0. The molecule has 1 atom stereocenters. The summed E-state index contributed by atoms with van der Waals surface area (Å²) in [6, 6.07) is 20.4. The number of rotatable bonds is 9. The third-order valence-electron chi connectivity index (χ3n) is 6.48. The lowest BCUT2D eigenvalue weighted by atomic mass is 9.91. The molecule has 3 aromatic carbocycles. The lowest BCUT2D eigenvalue weighted by molar-refractivity contribution is -0.134. The van der Waals surface area contributed by atoms with Gasteiger partial charge in [-0.05, 0) is 65.9 Å². The molecule has 0 aliphatic carbocycles. The van der Waals surface area contributed by atoms with Gasteiger partial charge in [0.1, 0.15) is 12.4 Å². The summed E-state index contributed by atoms with van der Waals surface area (Å²) < 4.78 is 21.9. The van der Waals surface area contributed by atoms with Crippen LogP contribution in [0.25, 0.3) is 0 Å². The van der Waals surface area contributed by atoms with Gasteiger partial charge in [0.2, 0.25) is 5.91 Å². The highest BCUT2D eigenvalue weighted by Gasteiger charge is 2.32. The minimum absolute atomic E-state index is 0.0777. The van der Waals surface area contributed by atoms with Crippen molar-refractivity contribution in [2.24, 2.45) is 0 Å². The minimum atomic E-state index is -0.404. The number of carbonyl (C=O) groups is 2. The Morgan fingerprint density at radius 1 is 0.917 bits per heavy atom. The van der Waals surface area contributed by atoms with E-state index in [-0.39, 0.29) is 18.6 Å². The van der Waals surface area contributed by atoms with Crippen molar-refractivity contribution in [1.29, 1.82) is 0 Å². The molecule has 0 radical (unpaired) electrons. The van der Waals surface area contributed by atoms with Crippen molar-refractivity contribution >= 4 is 11.9 Å². The average molecular weight is 490 g/mol. The van der Waals surface area contributed by atoms with E-state index in [2.05, 4.69) is 0 Å². The first-order chi connectivity index (χ1) is 17.5. The van der Waals surface area contributed by atoms with Crippen LogP contribution in [0, 0.1) is 0 Å². The van der Waals surface area contributed by atoms with E-state index in [1.165, 1.54) is 7.11 Å². The number of aryl methyl sites for hydroxylation is 1. The minimum Gasteiger partial charge on any atom is -0.493 e. The van der Waals surface area contributed by atoms with Crippen molar-refractivity contribution in [2.45, 2.75) is 25.3 Å². The standard InChI is InChI=1S/C29H31NO6/c1-33-26-17-22-15-16-30(28(31)14-9-20-7-5-4-6-8-20)25(24(22)18-27(26)34-2)19-36-23-12-10-21(11-13-23)29(32)35-3/h4-8,10-13,17-18,25H,9,14-16,19H2,1-3H3. The van der Waals surface area contributed by atoms with E-state index in [9.17, 15) is 9.59 Å². The van der Waals surface area contributed by atoms with E-state index in [1.807, 2.05) is 47.4 Å². The Kier molecular flexibility index (Phi) is 8.10. The van der Waals surface area contributed by atoms with Crippen LogP contribution < -0.4 is 14.2 Å². The molecule has 1 heterocycles. The Morgan fingerprint density at radius 3 is 2.28 bits per heavy atom. The second-order valence-electron chi connectivity index (χ2n) is 8.57. The largest absolute Gasteiger partial charge is 0.493 e. The number of fused-ring (bicyclic) bond motifs is 1. The summed E-state index contributed by atoms with van der Waals surface area (Å²) in [5.41, 5.74) is 3.67. The molecular formula is C29H31NO6. The Bertz CT molecular complexity index is 1190. The van der Waals surface area contributed by atoms with Crippen LogP contribution in [0.2, 0.25) is 0 Å². The Balaban J connectivity index is 1.57. The number of esters is 1. The van der Waals surface area contributed by atoms with Crippen LogP contribution >= 0.6 is 0 Å². The molecule has 1 amide bonds. The fourth-order valence-corrected chi connectivity index (χ4v) is 4.53. The SMILES string of the molecule is COC(=O)c1ccc(OCC2c3cc(OC)c(OC)cc3CCN2C(=O)CCc2ccccc2)cc1. The van der Waals surface area contributed by atoms with Gasteiger partial charge in [0.05, 0.1) is 32.9 Å². The predicted octanol–water partition coefficient (Wildman–Crippen LogP) is 4.63. The van der Waals surface area contributed by atoms with Gasteiger partial charge < -0.3 is 23.8 Å². The zero-order chi connectivity index (χ0) is 25.5. The van der Waals surface area contributed by atoms with Crippen LogP contribution in [0.1, 0.15) is 39.5 Å². The summed E-state index contributed by atoms with van der Waals surface area (Å²) in [6.45, 7) is 0.850. The highest BCUT2D eigenvalue weighted by atomic mass is 16.5. The topological polar surface area (TPSA) is 74.3 Å². The highest BCUT2D eigenvalue weighted by Crippen LogP contribution is 2.38. The molecule has 4 rings (SSSR count). The maximum Gasteiger partial charge on any atom is 0.337 e. The van der Waals surface area contributed by atoms with Gasteiger partial charge in [-0.15, -0.1) is 0 Å². The first-order valence-electron chi connectivity index (χ1n) is 11.9. The molecule has 188 valence electrons. The monoisotopic (exact) mass is 489 g/mol. The van der Waals surface area contributed by atoms with E-state index in [0.717, 1.165) is 23.1 Å².